The Bertz CT molecular complexity index is 2900. The summed E-state index contributed by atoms with van der Waals surface area (Å²) in [5, 5.41) is 8.27. The van der Waals surface area contributed by atoms with Gasteiger partial charge in [0.2, 0.25) is 5.69 Å². The zero-order valence-electron chi connectivity index (χ0n) is 27.9. The van der Waals surface area contributed by atoms with Crippen LogP contribution in [-0.2, 0) is 5.66 Å². The van der Waals surface area contributed by atoms with Gasteiger partial charge in [0.05, 0.1) is 44.3 Å². The highest BCUT2D eigenvalue weighted by Gasteiger charge is 2.71. The summed E-state index contributed by atoms with van der Waals surface area (Å²) >= 11 is 0. The molecule has 4 aliphatic heterocycles. The fraction of sp³-hybridized carbons (Fsp3) is 0.171. The number of hydrogen-bond donors (Lipinski definition) is 0. The van der Waals surface area contributed by atoms with Gasteiger partial charge in [0.1, 0.15) is 16.6 Å². The lowest BCUT2D eigenvalue weighted by molar-refractivity contribution is -0.932. The van der Waals surface area contributed by atoms with Crippen molar-refractivity contribution in [1.82, 2.24) is 9.13 Å². The average Bonchev–Trinajstić information content (AvgIpc) is 3.68. The number of rotatable bonds is 2. The Morgan fingerprint density at radius 1 is 0.604 bits per heavy atom. The van der Waals surface area contributed by atoms with E-state index in [-0.39, 0.29) is 0 Å². The highest BCUT2D eigenvalue weighted by molar-refractivity contribution is 6.90. The van der Waals surface area contributed by atoms with Crippen LogP contribution in [0.4, 0.5) is 0 Å². The van der Waals surface area contributed by atoms with Gasteiger partial charge in [-0.05, 0) is 58.9 Å². The molecule has 0 N–H and O–H groups in total. The zero-order valence-corrected chi connectivity index (χ0v) is 29.9. The van der Waals surface area contributed by atoms with E-state index in [1.807, 2.05) is 0 Å². The van der Waals surface area contributed by atoms with E-state index in [2.05, 4.69) is 155 Å². The molecule has 0 saturated carbocycles. The Labute approximate surface area is 279 Å². The summed E-state index contributed by atoms with van der Waals surface area (Å²) in [6.07, 6.45) is 0. The summed E-state index contributed by atoms with van der Waals surface area (Å²) in [5.74, 6) is 1.89. The fourth-order valence-corrected chi connectivity index (χ4v) is 12.5. The maximum absolute atomic E-state index is 7.12. The number of pyridine rings is 2. The smallest absolute Gasteiger partial charge is 0.378 e. The van der Waals surface area contributed by atoms with Gasteiger partial charge in [-0.1, -0.05) is 75.7 Å². The molecule has 4 aromatic carbocycles. The van der Waals surface area contributed by atoms with Crippen molar-refractivity contribution in [1.29, 1.82) is 0 Å². The maximum atomic E-state index is 7.12. The van der Waals surface area contributed by atoms with Crippen LogP contribution in [-0.4, -0.2) is 25.3 Å². The third kappa shape index (κ3) is 2.56. The molecule has 1 unspecified atom stereocenters. The zero-order chi connectivity index (χ0) is 32.2. The van der Waals surface area contributed by atoms with E-state index < -0.39 is 21.8 Å². The molecule has 48 heavy (non-hydrogen) atoms. The second-order valence-electron chi connectivity index (χ2n) is 16.3. The molecule has 0 aliphatic carbocycles. The molecule has 7 heteroatoms. The quantitative estimate of drug-likeness (QED) is 0.140. The molecule has 12 rings (SSSR count). The lowest BCUT2D eigenvalue weighted by Crippen LogP contribution is -2.75. The van der Waals surface area contributed by atoms with Crippen LogP contribution in [0.5, 0.6) is 11.6 Å². The molecule has 4 aromatic heterocycles. The molecular formula is C41H34N4OSi2+2. The maximum Gasteiger partial charge on any atom is 0.378 e. The van der Waals surface area contributed by atoms with Crippen LogP contribution in [0.15, 0.2) is 97.1 Å². The van der Waals surface area contributed by atoms with Crippen LogP contribution in [0, 0.1) is 0 Å². The van der Waals surface area contributed by atoms with E-state index in [9.17, 15) is 0 Å². The first-order valence-electron chi connectivity index (χ1n) is 17.1. The molecule has 5 nitrogen and oxygen atoms in total. The van der Waals surface area contributed by atoms with Crippen molar-refractivity contribution >= 4 is 70.3 Å². The number of aromatic nitrogens is 4. The van der Waals surface area contributed by atoms with E-state index >= 15 is 0 Å². The molecule has 4 aliphatic rings. The van der Waals surface area contributed by atoms with Crippen molar-refractivity contribution in [3.05, 3.63) is 108 Å². The van der Waals surface area contributed by atoms with Gasteiger partial charge in [-0.3, -0.25) is 0 Å². The summed E-state index contributed by atoms with van der Waals surface area (Å²) in [6.45, 7) is 14.9. The van der Waals surface area contributed by atoms with E-state index in [1.54, 1.807) is 0 Å². The Hall–Kier alpha value is -4.99. The summed E-state index contributed by atoms with van der Waals surface area (Å²) in [7, 11) is -3.55. The lowest BCUT2D eigenvalue weighted by atomic mass is 9.81. The SMILES string of the molecule is C[Si](C)(C)c1cc2[n+]3c(c1)-c1cc([Si](C)(C)C)c4c5ccccc5n5c4[n+]1C31c3c(cccc3-n3c4ccccc4c4ccc-5c1c43)O2. The van der Waals surface area contributed by atoms with Crippen LogP contribution in [0.2, 0.25) is 39.3 Å². The Balaban J connectivity index is 1.46. The molecule has 0 saturated heterocycles. The predicted molar refractivity (Wildman–Crippen MR) is 199 cm³/mol. The minimum Gasteiger partial charge on any atom is -0.404 e. The summed E-state index contributed by atoms with van der Waals surface area (Å²) < 4.78 is 17.6. The molecule has 0 fully saturated rings. The monoisotopic (exact) mass is 654 g/mol. The third-order valence-electron chi connectivity index (χ3n) is 11.7. The van der Waals surface area contributed by atoms with Crippen LogP contribution < -0.4 is 24.2 Å². The summed E-state index contributed by atoms with van der Waals surface area (Å²) in [6, 6.07) is 37.0. The van der Waals surface area contributed by atoms with Gasteiger partial charge < -0.3 is 9.30 Å². The number of benzene rings is 4. The first-order chi connectivity index (χ1) is 23.1. The van der Waals surface area contributed by atoms with E-state index in [1.165, 1.54) is 88.0 Å². The predicted octanol–water partition coefficient (Wildman–Crippen LogP) is 7.56. The highest BCUT2D eigenvalue weighted by atomic mass is 28.3. The van der Waals surface area contributed by atoms with Crippen LogP contribution in [0.25, 0.3) is 66.5 Å². The van der Waals surface area contributed by atoms with Crippen molar-refractivity contribution in [2.45, 2.75) is 44.9 Å². The van der Waals surface area contributed by atoms with Gasteiger partial charge in [0, 0.05) is 22.2 Å². The standard InChI is InChI=1S/C41H34N4OSi2/c1-47(2,3)23-20-31-32-22-34(48(4,5)6)36-26-13-8-10-15-28(26)43-30-19-18-25-24-12-7-9-14-27(24)42-29-16-11-17-33-37(29)41(38(30)39(25)42,45(32)40(36)43)44(31)35(21-23)46-33/h7-22H,1-6H3/q+2. The average molecular weight is 655 g/mol. The lowest BCUT2D eigenvalue weighted by Gasteiger charge is -2.37. The van der Waals surface area contributed by atoms with Crippen molar-refractivity contribution in [2.75, 3.05) is 0 Å². The Morgan fingerprint density at radius 3 is 2.08 bits per heavy atom. The first-order valence-corrected chi connectivity index (χ1v) is 24.1. The van der Waals surface area contributed by atoms with Gasteiger partial charge in [-0.15, -0.1) is 9.13 Å². The largest absolute Gasteiger partial charge is 0.404 e. The summed E-state index contributed by atoms with van der Waals surface area (Å²) in [5.41, 5.74) is 12.1. The normalized spacial score (nSPS) is 17.6. The number of nitrogens with zero attached hydrogens (tertiary/aromatic N) is 4. The molecule has 8 aromatic rings. The van der Waals surface area contributed by atoms with Crippen molar-refractivity contribution in [3.63, 3.8) is 0 Å². The Morgan fingerprint density at radius 2 is 1.31 bits per heavy atom. The van der Waals surface area contributed by atoms with Gasteiger partial charge in [-0.25, -0.2) is 0 Å². The van der Waals surface area contributed by atoms with E-state index in [0.29, 0.717) is 0 Å². The minimum absolute atomic E-state index is 0.637. The number of hydrogen-bond acceptors (Lipinski definition) is 1. The molecular weight excluding hydrogens is 621 g/mol. The molecule has 1 spiro atoms. The topological polar surface area (TPSA) is 26.8 Å². The first kappa shape index (κ1) is 26.0. The highest BCUT2D eigenvalue weighted by Crippen LogP contribution is 2.57. The minimum atomic E-state index is -1.83. The third-order valence-corrected chi connectivity index (χ3v) is 15.7. The molecule has 1 atom stereocenters. The van der Waals surface area contributed by atoms with Crippen LogP contribution in [0.1, 0.15) is 11.1 Å². The number of para-hydroxylation sites is 2. The Kier molecular flexibility index (Phi) is 4.16. The fourth-order valence-electron chi connectivity index (χ4n) is 9.80. The summed E-state index contributed by atoms with van der Waals surface area (Å²) in [4.78, 5) is 0. The number of ether oxygens (including phenoxy) is 1. The van der Waals surface area contributed by atoms with Crippen LogP contribution >= 0.6 is 0 Å². The van der Waals surface area contributed by atoms with Crippen molar-refractivity contribution < 1.29 is 13.9 Å². The van der Waals surface area contributed by atoms with Crippen LogP contribution in [0.3, 0.4) is 0 Å². The molecule has 0 radical (unpaired) electrons. The second kappa shape index (κ2) is 7.67. The second-order valence-corrected chi connectivity index (χ2v) is 26.4. The van der Waals surface area contributed by atoms with Crippen molar-refractivity contribution in [3.8, 4) is 34.4 Å². The van der Waals surface area contributed by atoms with E-state index in [4.69, 9.17) is 4.74 Å². The van der Waals surface area contributed by atoms with E-state index in [0.717, 1.165) is 11.6 Å². The number of fused-ring (bicyclic) bond motifs is 9. The molecule has 230 valence electrons. The van der Waals surface area contributed by atoms with Gasteiger partial charge in [-0.2, -0.15) is 4.57 Å². The molecule has 0 bridgehead atoms. The molecule has 0 amide bonds. The van der Waals surface area contributed by atoms with Gasteiger partial charge in [0.25, 0.3) is 5.69 Å². The van der Waals surface area contributed by atoms with Gasteiger partial charge >= 0.3 is 17.2 Å². The molecule has 8 heterocycles. The van der Waals surface area contributed by atoms with Crippen molar-refractivity contribution in [2.24, 2.45) is 0 Å². The van der Waals surface area contributed by atoms with Gasteiger partial charge in [0.15, 0.2) is 11.4 Å².